The van der Waals surface area contributed by atoms with E-state index in [4.69, 9.17) is 28.3 Å². The van der Waals surface area contributed by atoms with Crippen LogP contribution in [0, 0.1) is 0 Å². The van der Waals surface area contributed by atoms with Crippen molar-refractivity contribution in [1.82, 2.24) is 0 Å². The Morgan fingerprint density at radius 1 is 1.56 bits per heavy atom. The molecule has 0 amide bonds. The van der Waals surface area contributed by atoms with Gasteiger partial charge >= 0.3 is 0 Å². The van der Waals surface area contributed by atoms with Gasteiger partial charge in [-0.25, -0.2) is 0 Å². The summed E-state index contributed by atoms with van der Waals surface area (Å²) >= 11 is 11.3. The minimum Gasteiger partial charge on any atom is -0.392 e. The normalized spacial score (nSPS) is 18.8. The molecule has 0 saturated heterocycles. The van der Waals surface area contributed by atoms with Crippen molar-refractivity contribution in [3.05, 3.63) is 21.7 Å². The lowest BCUT2D eigenvalue weighted by molar-refractivity contribution is 0.334. The highest BCUT2D eigenvalue weighted by Crippen LogP contribution is 2.30. The molecule has 1 aliphatic rings. The van der Waals surface area contributed by atoms with Gasteiger partial charge in [0.2, 0.25) is 0 Å². The van der Waals surface area contributed by atoms with Gasteiger partial charge in [0.25, 0.3) is 0 Å². The second kappa shape index (κ2) is 2.74. The summed E-state index contributed by atoms with van der Waals surface area (Å²) in [6.07, 6.45) is 2.45. The van der Waals surface area contributed by atoms with Crippen LogP contribution in [0.2, 0.25) is 0 Å². The Morgan fingerprint density at radius 3 is 2.44 bits per heavy atom. The van der Waals surface area contributed by atoms with E-state index in [0.29, 0.717) is 22.1 Å². The molecule has 0 aromatic carbocycles. The van der Waals surface area contributed by atoms with Crippen LogP contribution in [-0.4, -0.2) is 11.7 Å². The zero-order chi connectivity index (χ0) is 6.85. The summed E-state index contributed by atoms with van der Waals surface area (Å²) in [7, 11) is 0. The zero-order valence-corrected chi connectivity index (χ0v) is 6.21. The lowest BCUT2D eigenvalue weighted by Gasteiger charge is -1.95. The Balaban J connectivity index is 2.83. The van der Waals surface area contributed by atoms with Gasteiger partial charge in [0.15, 0.2) is 0 Å². The molecule has 0 radical (unpaired) electrons. The first-order chi connectivity index (χ1) is 4.25. The first-order valence-corrected chi connectivity index (χ1v) is 3.35. The number of hydrogen-bond donors (Lipinski definition) is 1. The number of hydrogen-bond acceptors (Lipinski definition) is 1. The maximum atomic E-state index is 8.64. The highest BCUT2D eigenvalue weighted by Gasteiger charge is 2.12. The van der Waals surface area contributed by atoms with E-state index < -0.39 is 0 Å². The van der Waals surface area contributed by atoms with Crippen LogP contribution >= 0.6 is 23.2 Å². The van der Waals surface area contributed by atoms with Crippen LogP contribution in [0.4, 0.5) is 0 Å². The van der Waals surface area contributed by atoms with Gasteiger partial charge in [0, 0.05) is 22.1 Å². The van der Waals surface area contributed by atoms with E-state index in [-0.39, 0.29) is 6.61 Å². The van der Waals surface area contributed by atoms with E-state index in [1.54, 1.807) is 6.08 Å². The monoisotopic (exact) mass is 164 g/mol. The van der Waals surface area contributed by atoms with Crippen molar-refractivity contribution in [2.45, 2.75) is 6.42 Å². The van der Waals surface area contributed by atoms with Crippen LogP contribution in [0.1, 0.15) is 6.42 Å². The molecule has 0 saturated carbocycles. The second-order valence-electron chi connectivity index (χ2n) is 1.80. The zero-order valence-electron chi connectivity index (χ0n) is 4.69. The van der Waals surface area contributed by atoms with Crippen LogP contribution in [0.15, 0.2) is 21.7 Å². The van der Waals surface area contributed by atoms with Crippen LogP contribution in [-0.2, 0) is 0 Å². The topological polar surface area (TPSA) is 20.2 Å². The van der Waals surface area contributed by atoms with Crippen LogP contribution < -0.4 is 0 Å². The van der Waals surface area contributed by atoms with Gasteiger partial charge in [-0.3, -0.25) is 0 Å². The molecule has 1 aliphatic carbocycles. The van der Waals surface area contributed by atoms with Gasteiger partial charge in [-0.05, 0) is 0 Å². The third-order valence-corrected chi connectivity index (χ3v) is 2.00. The molecule has 0 aromatic rings. The maximum absolute atomic E-state index is 8.64. The molecule has 1 N–H and O–H groups in total. The molecule has 0 atom stereocenters. The molecule has 0 heterocycles. The number of halogens is 2. The predicted octanol–water partition coefficient (Wildman–Crippen LogP) is 2.00. The second-order valence-corrected chi connectivity index (χ2v) is 2.66. The van der Waals surface area contributed by atoms with Crippen molar-refractivity contribution < 1.29 is 5.11 Å². The fourth-order valence-electron chi connectivity index (χ4n) is 0.716. The van der Waals surface area contributed by atoms with E-state index >= 15 is 0 Å². The van der Waals surface area contributed by atoms with E-state index in [2.05, 4.69) is 0 Å². The molecule has 50 valence electrons. The van der Waals surface area contributed by atoms with Gasteiger partial charge in [0.1, 0.15) is 0 Å². The maximum Gasteiger partial charge on any atom is 0.0707 e. The summed E-state index contributed by atoms with van der Waals surface area (Å²) in [5.41, 5.74) is 0.665. The summed E-state index contributed by atoms with van der Waals surface area (Å²) in [6, 6.07) is 0. The molecule has 3 heteroatoms. The van der Waals surface area contributed by atoms with Crippen molar-refractivity contribution in [3.8, 4) is 0 Å². The van der Waals surface area contributed by atoms with E-state index in [1.165, 1.54) is 0 Å². The molecule has 0 spiro atoms. The highest BCUT2D eigenvalue weighted by atomic mass is 35.5. The quantitative estimate of drug-likeness (QED) is 0.629. The SMILES string of the molecule is OCC1=C(Cl)CC=C1Cl. The third kappa shape index (κ3) is 1.29. The molecule has 1 nitrogen and oxygen atoms in total. The molecular weight excluding hydrogens is 159 g/mol. The predicted molar refractivity (Wildman–Crippen MR) is 38.5 cm³/mol. The summed E-state index contributed by atoms with van der Waals surface area (Å²) in [5.74, 6) is 0. The minimum absolute atomic E-state index is 0.0613. The van der Waals surface area contributed by atoms with Gasteiger partial charge in [-0.15, -0.1) is 0 Å². The first kappa shape index (κ1) is 7.13. The average Bonchev–Trinajstić information content (AvgIpc) is 2.12. The average molecular weight is 165 g/mol. The number of aliphatic hydroxyl groups excluding tert-OH is 1. The van der Waals surface area contributed by atoms with E-state index in [1.807, 2.05) is 0 Å². The Kier molecular flexibility index (Phi) is 2.17. The molecule has 9 heavy (non-hydrogen) atoms. The lowest BCUT2D eigenvalue weighted by atomic mass is 10.3. The Labute approximate surface area is 63.6 Å². The molecule has 0 bridgehead atoms. The van der Waals surface area contributed by atoms with Crippen molar-refractivity contribution in [3.63, 3.8) is 0 Å². The van der Waals surface area contributed by atoms with Gasteiger partial charge in [-0.2, -0.15) is 0 Å². The summed E-state index contributed by atoms with van der Waals surface area (Å²) in [6.45, 7) is -0.0613. The van der Waals surface area contributed by atoms with E-state index in [9.17, 15) is 0 Å². The van der Waals surface area contributed by atoms with Gasteiger partial charge < -0.3 is 5.11 Å². The number of aliphatic hydroxyl groups is 1. The Bertz CT molecular complexity index is 181. The largest absolute Gasteiger partial charge is 0.392 e. The molecule has 0 fully saturated rings. The summed E-state index contributed by atoms with van der Waals surface area (Å²) in [4.78, 5) is 0. The summed E-state index contributed by atoms with van der Waals surface area (Å²) in [5, 5.41) is 9.88. The van der Waals surface area contributed by atoms with Crippen molar-refractivity contribution in [2.24, 2.45) is 0 Å². The van der Waals surface area contributed by atoms with Crippen LogP contribution in [0.25, 0.3) is 0 Å². The van der Waals surface area contributed by atoms with Crippen molar-refractivity contribution in [1.29, 1.82) is 0 Å². The fraction of sp³-hybridized carbons (Fsp3) is 0.333. The highest BCUT2D eigenvalue weighted by molar-refractivity contribution is 6.37. The Hall–Kier alpha value is 0.0200. The van der Waals surface area contributed by atoms with Gasteiger partial charge in [0.05, 0.1) is 6.61 Å². The molecule has 0 aliphatic heterocycles. The minimum atomic E-state index is -0.0613. The van der Waals surface area contributed by atoms with Crippen molar-refractivity contribution in [2.75, 3.05) is 6.61 Å². The smallest absolute Gasteiger partial charge is 0.0707 e. The number of rotatable bonds is 1. The van der Waals surface area contributed by atoms with Crippen LogP contribution in [0.3, 0.4) is 0 Å². The standard InChI is InChI=1S/C6H6Cl2O/c7-5-1-2-6(8)4(5)3-9/h1,9H,2-3H2. The molecule has 1 rings (SSSR count). The number of allylic oxidation sites excluding steroid dienone is 2. The first-order valence-electron chi connectivity index (χ1n) is 2.60. The van der Waals surface area contributed by atoms with Gasteiger partial charge in [-0.1, -0.05) is 29.3 Å². The fourth-order valence-corrected chi connectivity index (χ4v) is 1.25. The Morgan fingerprint density at radius 2 is 2.22 bits per heavy atom. The van der Waals surface area contributed by atoms with Crippen molar-refractivity contribution >= 4 is 23.2 Å². The van der Waals surface area contributed by atoms with E-state index in [0.717, 1.165) is 0 Å². The van der Waals surface area contributed by atoms with Crippen LogP contribution in [0.5, 0.6) is 0 Å². The third-order valence-electron chi connectivity index (χ3n) is 1.23. The lowest BCUT2D eigenvalue weighted by Crippen LogP contribution is -1.87. The summed E-state index contributed by atoms with van der Waals surface area (Å²) < 4.78 is 0. The molecule has 0 unspecified atom stereocenters. The molecular formula is C6H6Cl2O. The molecule has 0 aromatic heterocycles.